The summed E-state index contributed by atoms with van der Waals surface area (Å²) in [7, 11) is 0. The van der Waals surface area contributed by atoms with Crippen LogP contribution in [0.4, 0.5) is 0 Å². The van der Waals surface area contributed by atoms with E-state index in [-0.39, 0.29) is 5.91 Å². The van der Waals surface area contributed by atoms with Crippen LogP contribution >= 0.6 is 11.6 Å². The Bertz CT molecular complexity index is 698. The Kier molecular flexibility index (Phi) is 7.32. The highest BCUT2D eigenvalue weighted by atomic mass is 35.5. The van der Waals surface area contributed by atoms with E-state index in [1.807, 2.05) is 63.2 Å². The number of hydrogen-bond donors (Lipinski definition) is 1. The number of carbonyl (C=O) groups excluding carboxylic acids is 1. The van der Waals surface area contributed by atoms with Gasteiger partial charge in [0.2, 0.25) is 0 Å². The third-order valence-corrected chi connectivity index (χ3v) is 4.38. The van der Waals surface area contributed by atoms with Gasteiger partial charge in [0.15, 0.2) is 6.10 Å². The third kappa shape index (κ3) is 6.09. The standard InChI is InChI=1S/C21H26ClNO2/c1-4-19(25-20-14-15(2)7-8-16(20)3)21(24)23-13-5-6-17-9-11-18(22)12-10-17/h7-12,14,19H,4-6,13H2,1-3H3,(H,23,24). The van der Waals surface area contributed by atoms with Gasteiger partial charge in [-0.3, -0.25) is 4.79 Å². The van der Waals surface area contributed by atoms with Gasteiger partial charge in [0.1, 0.15) is 5.75 Å². The summed E-state index contributed by atoms with van der Waals surface area (Å²) in [4.78, 5) is 12.4. The molecule has 0 aromatic heterocycles. The van der Waals surface area contributed by atoms with E-state index < -0.39 is 6.10 Å². The van der Waals surface area contributed by atoms with E-state index in [0.717, 1.165) is 34.7 Å². The van der Waals surface area contributed by atoms with Crippen LogP contribution in [0.15, 0.2) is 42.5 Å². The predicted octanol–water partition coefficient (Wildman–Crippen LogP) is 4.86. The van der Waals surface area contributed by atoms with Gasteiger partial charge in [-0.1, -0.05) is 42.8 Å². The zero-order chi connectivity index (χ0) is 18.2. The van der Waals surface area contributed by atoms with Gasteiger partial charge in [0, 0.05) is 11.6 Å². The molecule has 1 atom stereocenters. The molecule has 2 aromatic carbocycles. The maximum Gasteiger partial charge on any atom is 0.261 e. The minimum Gasteiger partial charge on any atom is -0.480 e. The van der Waals surface area contributed by atoms with Crippen molar-refractivity contribution < 1.29 is 9.53 Å². The lowest BCUT2D eigenvalue weighted by molar-refractivity contribution is -0.128. The number of halogens is 1. The molecule has 0 bridgehead atoms. The molecular weight excluding hydrogens is 334 g/mol. The number of nitrogens with one attached hydrogen (secondary N) is 1. The first-order valence-corrected chi connectivity index (χ1v) is 9.13. The molecule has 0 saturated heterocycles. The number of benzene rings is 2. The van der Waals surface area contributed by atoms with Crippen LogP contribution in [0.25, 0.3) is 0 Å². The second kappa shape index (κ2) is 9.47. The topological polar surface area (TPSA) is 38.3 Å². The highest BCUT2D eigenvalue weighted by molar-refractivity contribution is 6.30. The van der Waals surface area contributed by atoms with Crippen LogP contribution in [0.5, 0.6) is 5.75 Å². The van der Waals surface area contributed by atoms with E-state index in [9.17, 15) is 4.79 Å². The number of aryl methyl sites for hydroxylation is 3. The Morgan fingerprint density at radius 1 is 1.16 bits per heavy atom. The Morgan fingerprint density at radius 2 is 1.88 bits per heavy atom. The van der Waals surface area contributed by atoms with Crippen molar-refractivity contribution in [2.24, 2.45) is 0 Å². The molecule has 25 heavy (non-hydrogen) atoms. The summed E-state index contributed by atoms with van der Waals surface area (Å²) >= 11 is 5.88. The average molecular weight is 360 g/mol. The van der Waals surface area contributed by atoms with Gasteiger partial charge in [-0.2, -0.15) is 0 Å². The van der Waals surface area contributed by atoms with Gasteiger partial charge >= 0.3 is 0 Å². The van der Waals surface area contributed by atoms with Gasteiger partial charge in [-0.05, 0) is 68.0 Å². The third-order valence-electron chi connectivity index (χ3n) is 4.13. The van der Waals surface area contributed by atoms with Crippen molar-refractivity contribution >= 4 is 17.5 Å². The lowest BCUT2D eigenvalue weighted by Gasteiger charge is -2.19. The van der Waals surface area contributed by atoms with E-state index >= 15 is 0 Å². The van der Waals surface area contributed by atoms with Gasteiger partial charge < -0.3 is 10.1 Å². The van der Waals surface area contributed by atoms with Crippen molar-refractivity contribution in [3.8, 4) is 5.75 Å². The quantitative estimate of drug-likeness (QED) is 0.683. The number of amides is 1. The fraction of sp³-hybridized carbons (Fsp3) is 0.381. The van der Waals surface area contributed by atoms with Crippen LogP contribution in [0.3, 0.4) is 0 Å². The summed E-state index contributed by atoms with van der Waals surface area (Å²) in [5, 5.41) is 3.72. The molecule has 134 valence electrons. The molecule has 0 radical (unpaired) electrons. The van der Waals surface area contributed by atoms with E-state index in [2.05, 4.69) is 5.32 Å². The summed E-state index contributed by atoms with van der Waals surface area (Å²) in [5.41, 5.74) is 3.38. The maximum atomic E-state index is 12.4. The zero-order valence-electron chi connectivity index (χ0n) is 15.1. The minimum atomic E-state index is -0.462. The molecule has 0 heterocycles. The molecule has 2 aromatic rings. The van der Waals surface area contributed by atoms with Crippen molar-refractivity contribution in [1.82, 2.24) is 5.32 Å². The molecule has 3 nitrogen and oxygen atoms in total. The van der Waals surface area contributed by atoms with Gasteiger partial charge in [0.25, 0.3) is 5.91 Å². The van der Waals surface area contributed by atoms with Crippen molar-refractivity contribution in [2.45, 2.75) is 46.1 Å². The number of carbonyl (C=O) groups is 1. The lowest BCUT2D eigenvalue weighted by Crippen LogP contribution is -2.38. The van der Waals surface area contributed by atoms with Crippen LogP contribution < -0.4 is 10.1 Å². The van der Waals surface area contributed by atoms with Crippen molar-refractivity contribution in [1.29, 1.82) is 0 Å². The normalized spacial score (nSPS) is 11.8. The fourth-order valence-corrected chi connectivity index (χ4v) is 2.70. The molecule has 1 unspecified atom stereocenters. The molecule has 2 rings (SSSR count). The summed E-state index contributed by atoms with van der Waals surface area (Å²) in [5.74, 6) is 0.725. The van der Waals surface area contributed by atoms with Gasteiger partial charge in [-0.15, -0.1) is 0 Å². The number of ether oxygens (including phenoxy) is 1. The Labute approximate surface area is 155 Å². The highest BCUT2D eigenvalue weighted by Crippen LogP contribution is 2.21. The second-order valence-corrected chi connectivity index (χ2v) is 6.74. The number of rotatable bonds is 8. The first kappa shape index (κ1) is 19.3. The van der Waals surface area contributed by atoms with Crippen LogP contribution in [-0.4, -0.2) is 18.6 Å². The Balaban J connectivity index is 1.81. The summed E-state index contributed by atoms with van der Waals surface area (Å²) < 4.78 is 5.94. The summed E-state index contributed by atoms with van der Waals surface area (Å²) in [6, 6.07) is 13.8. The largest absolute Gasteiger partial charge is 0.480 e. The van der Waals surface area contributed by atoms with Crippen molar-refractivity contribution in [3.63, 3.8) is 0 Å². The monoisotopic (exact) mass is 359 g/mol. The van der Waals surface area contributed by atoms with E-state index in [4.69, 9.17) is 16.3 Å². The first-order chi connectivity index (χ1) is 12.0. The molecular formula is C21H26ClNO2. The van der Waals surface area contributed by atoms with Crippen LogP contribution in [0.2, 0.25) is 5.02 Å². The smallest absolute Gasteiger partial charge is 0.261 e. The van der Waals surface area contributed by atoms with Crippen molar-refractivity contribution in [2.75, 3.05) is 6.54 Å². The minimum absolute atomic E-state index is 0.0560. The lowest BCUT2D eigenvalue weighted by atomic mass is 10.1. The van der Waals surface area contributed by atoms with Crippen molar-refractivity contribution in [3.05, 3.63) is 64.2 Å². The molecule has 4 heteroatoms. The first-order valence-electron chi connectivity index (χ1n) is 8.75. The van der Waals surface area contributed by atoms with Gasteiger partial charge in [-0.25, -0.2) is 0 Å². The van der Waals surface area contributed by atoms with E-state index in [1.165, 1.54) is 5.56 Å². The molecule has 0 fully saturated rings. The number of hydrogen-bond acceptors (Lipinski definition) is 2. The SMILES string of the molecule is CCC(Oc1cc(C)ccc1C)C(=O)NCCCc1ccc(Cl)cc1. The zero-order valence-corrected chi connectivity index (χ0v) is 15.9. The second-order valence-electron chi connectivity index (χ2n) is 6.30. The van der Waals surface area contributed by atoms with Gasteiger partial charge in [0.05, 0.1) is 0 Å². The van der Waals surface area contributed by atoms with Crippen LogP contribution in [0, 0.1) is 13.8 Å². The molecule has 0 saturated carbocycles. The summed E-state index contributed by atoms with van der Waals surface area (Å²) in [6.45, 7) is 6.60. The Morgan fingerprint density at radius 3 is 2.56 bits per heavy atom. The Hall–Kier alpha value is -2.00. The van der Waals surface area contributed by atoms with E-state index in [1.54, 1.807) is 0 Å². The maximum absolute atomic E-state index is 12.4. The molecule has 0 spiro atoms. The average Bonchev–Trinajstić information content (AvgIpc) is 2.60. The van der Waals surface area contributed by atoms with Crippen LogP contribution in [0.1, 0.15) is 36.5 Å². The predicted molar refractivity (Wildman–Crippen MR) is 103 cm³/mol. The molecule has 1 amide bonds. The highest BCUT2D eigenvalue weighted by Gasteiger charge is 2.18. The van der Waals surface area contributed by atoms with E-state index in [0.29, 0.717) is 13.0 Å². The van der Waals surface area contributed by atoms with Crippen LogP contribution in [-0.2, 0) is 11.2 Å². The summed E-state index contributed by atoms with van der Waals surface area (Å²) in [6.07, 6.45) is 1.96. The fourth-order valence-electron chi connectivity index (χ4n) is 2.58. The molecule has 0 aliphatic rings. The molecule has 0 aliphatic heterocycles. The molecule has 1 N–H and O–H groups in total. The molecule has 0 aliphatic carbocycles.